The van der Waals surface area contributed by atoms with Crippen molar-refractivity contribution < 1.29 is 8.42 Å². The molecule has 0 unspecified atom stereocenters. The van der Waals surface area contributed by atoms with E-state index in [1.165, 1.54) is 0 Å². The molecule has 1 heterocycles. The maximum atomic E-state index is 12.8. The third kappa shape index (κ3) is 2.72. The number of aryl methyl sites for hydroxylation is 1. The van der Waals surface area contributed by atoms with Crippen molar-refractivity contribution in [2.75, 3.05) is 20.1 Å². The first-order valence-electron chi connectivity index (χ1n) is 6.73. The summed E-state index contributed by atoms with van der Waals surface area (Å²) >= 11 is 6.06. The van der Waals surface area contributed by atoms with Crippen LogP contribution in [0.3, 0.4) is 0 Å². The van der Waals surface area contributed by atoms with Gasteiger partial charge in [0.05, 0.1) is 4.90 Å². The lowest BCUT2D eigenvalue weighted by atomic mass is 10.1. The van der Waals surface area contributed by atoms with Crippen LogP contribution in [0.1, 0.15) is 19.4 Å². The van der Waals surface area contributed by atoms with Gasteiger partial charge in [-0.1, -0.05) is 17.7 Å². The smallest absolute Gasteiger partial charge is 0.243 e. The van der Waals surface area contributed by atoms with Crippen LogP contribution in [0.25, 0.3) is 0 Å². The molecule has 1 fully saturated rings. The maximum Gasteiger partial charge on any atom is 0.243 e. The Kier molecular flexibility index (Phi) is 4.44. The van der Waals surface area contributed by atoms with Crippen LogP contribution in [0.15, 0.2) is 23.1 Å². The highest BCUT2D eigenvalue weighted by Gasteiger charge is 2.36. The average molecular weight is 317 g/mol. The van der Waals surface area contributed by atoms with Gasteiger partial charge in [0.25, 0.3) is 0 Å². The van der Waals surface area contributed by atoms with Gasteiger partial charge in [0.15, 0.2) is 0 Å². The number of likely N-dealkylation sites (N-methyl/N-ethyl adjacent to an activating group) is 1. The zero-order valence-corrected chi connectivity index (χ0v) is 13.9. The molecular formula is C14H21ClN2O2S. The van der Waals surface area contributed by atoms with Crippen molar-refractivity contribution in [1.29, 1.82) is 0 Å². The molecular weight excluding hydrogens is 296 g/mol. The molecule has 0 bridgehead atoms. The summed E-state index contributed by atoms with van der Waals surface area (Å²) in [7, 11) is -1.46. The normalized spacial score (nSPS) is 25.9. The molecule has 1 aromatic rings. The number of hydrogen-bond donors (Lipinski definition) is 0. The second-order valence-corrected chi connectivity index (χ2v) is 7.79. The average Bonchev–Trinajstić information content (AvgIpc) is 2.38. The number of sulfonamides is 1. The summed E-state index contributed by atoms with van der Waals surface area (Å²) in [6.07, 6.45) is 0. The Morgan fingerprint density at radius 1 is 1.20 bits per heavy atom. The van der Waals surface area contributed by atoms with Gasteiger partial charge < -0.3 is 4.90 Å². The van der Waals surface area contributed by atoms with Crippen LogP contribution in [0.4, 0.5) is 0 Å². The standard InChI is InChI=1S/C14H21ClN2O2S/c1-10-5-6-13(9-14(10)15)20(18,19)17-8-7-16(4)11(2)12(17)3/h5-6,9,11-12H,7-8H2,1-4H3/t11-,12-/m1/s1. The molecule has 0 aliphatic carbocycles. The van der Waals surface area contributed by atoms with Crippen molar-refractivity contribution in [3.63, 3.8) is 0 Å². The first-order chi connectivity index (χ1) is 9.25. The van der Waals surface area contributed by atoms with Gasteiger partial charge in [-0.3, -0.25) is 0 Å². The highest BCUT2D eigenvalue weighted by atomic mass is 35.5. The minimum absolute atomic E-state index is 0.0566. The molecule has 1 aliphatic rings. The van der Waals surface area contributed by atoms with Gasteiger partial charge in [-0.2, -0.15) is 4.31 Å². The van der Waals surface area contributed by atoms with Gasteiger partial charge in [-0.05, 0) is 45.5 Å². The highest BCUT2D eigenvalue weighted by molar-refractivity contribution is 7.89. The van der Waals surface area contributed by atoms with E-state index in [0.717, 1.165) is 12.1 Å². The van der Waals surface area contributed by atoms with Gasteiger partial charge in [-0.25, -0.2) is 8.42 Å². The first-order valence-corrected chi connectivity index (χ1v) is 8.55. The largest absolute Gasteiger partial charge is 0.301 e. The molecule has 0 saturated carbocycles. The first kappa shape index (κ1) is 15.8. The number of nitrogens with zero attached hydrogens (tertiary/aromatic N) is 2. The van der Waals surface area contributed by atoms with Gasteiger partial charge in [0.1, 0.15) is 0 Å². The molecule has 1 aromatic carbocycles. The number of halogens is 1. The van der Waals surface area contributed by atoms with Gasteiger partial charge in [-0.15, -0.1) is 0 Å². The van der Waals surface area contributed by atoms with Crippen molar-refractivity contribution in [3.05, 3.63) is 28.8 Å². The fourth-order valence-corrected chi connectivity index (χ4v) is 4.44. The van der Waals surface area contributed by atoms with Crippen LogP contribution in [-0.4, -0.2) is 49.8 Å². The van der Waals surface area contributed by atoms with Crippen LogP contribution in [0.5, 0.6) is 0 Å². The monoisotopic (exact) mass is 316 g/mol. The summed E-state index contributed by atoms with van der Waals surface area (Å²) in [6, 6.07) is 5.06. The molecule has 20 heavy (non-hydrogen) atoms. The Bertz CT molecular complexity index is 603. The summed E-state index contributed by atoms with van der Waals surface area (Å²) in [4.78, 5) is 2.45. The molecule has 0 spiro atoms. The molecule has 1 aliphatic heterocycles. The van der Waals surface area contributed by atoms with Crippen molar-refractivity contribution in [2.45, 2.75) is 37.8 Å². The predicted molar refractivity (Wildman–Crippen MR) is 81.6 cm³/mol. The molecule has 4 nitrogen and oxygen atoms in total. The van der Waals surface area contributed by atoms with E-state index in [1.54, 1.807) is 22.5 Å². The second kappa shape index (κ2) is 5.64. The Hall–Kier alpha value is -0.620. The van der Waals surface area contributed by atoms with Gasteiger partial charge in [0, 0.05) is 30.2 Å². The Morgan fingerprint density at radius 3 is 2.45 bits per heavy atom. The van der Waals surface area contributed by atoms with E-state index in [-0.39, 0.29) is 17.0 Å². The van der Waals surface area contributed by atoms with E-state index in [2.05, 4.69) is 11.8 Å². The highest BCUT2D eigenvalue weighted by Crippen LogP contribution is 2.27. The summed E-state index contributed by atoms with van der Waals surface area (Å²) < 4.78 is 27.1. The fourth-order valence-electron chi connectivity index (χ4n) is 2.48. The van der Waals surface area contributed by atoms with E-state index >= 15 is 0 Å². The van der Waals surface area contributed by atoms with Crippen LogP contribution in [0, 0.1) is 6.92 Å². The van der Waals surface area contributed by atoms with Crippen molar-refractivity contribution in [2.24, 2.45) is 0 Å². The van der Waals surface area contributed by atoms with Crippen molar-refractivity contribution in [3.8, 4) is 0 Å². The Balaban J connectivity index is 2.37. The third-order valence-corrected chi connectivity index (χ3v) is 6.66. The topological polar surface area (TPSA) is 40.6 Å². The lowest BCUT2D eigenvalue weighted by molar-refractivity contribution is 0.109. The number of piperazine rings is 1. The van der Waals surface area contributed by atoms with Crippen molar-refractivity contribution in [1.82, 2.24) is 9.21 Å². The quantitative estimate of drug-likeness (QED) is 0.841. The number of hydrogen-bond acceptors (Lipinski definition) is 3. The zero-order chi connectivity index (χ0) is 15.1. The number of benzene rings is 1. The van der Waals surface area contributed by atoms with E-state index in [0.29, 0.717) is 11.6 Å². The minimum atomic E-state index is -3.48. The van der Waals surface area contributed by atoms with Gasteiger partial charge in [0.2, 0.25) is 10.0 Å². The molecule has 6 heteroatoms. The molecule has 0 amide bonds. The Morgan fingerprint density at radius 2 is 1.85 bits per heavy atom. The van der Waals surface area contributed by atoms with Crippen molar-refractivity contribution >= 4 is 21.6 Å². The van der Waals surface area contributed by atoms with Crippen LogP contribution < -0.4 is 0 Å². The Labute approximate surface area is 126 Å². The zero-order valence-electron chi connectivity index (χ0n) is 12.3. The summed E-state index contributed by atoms with van der Waals surface area (Å²) in [5.74, 6) is 0. The molecule has 0 aromatic heterocycles. The van der Waals surface area contributed by atoms with Crippen LogP contribution in [-0.2, 0) is 10.0 Å². The summed E-state index contributed by atoms with van der Waals surface area (Å²) in [5, 5.41) is 0.487. The van der Waals surface area contributed by atoms with Gasteiger partial charge >= 0.3 is 0 Å². The fraction of sp³-hybridized carbons (Fsp3) is 0.571. The molecule has 112 valence electrons. The lowest BCUT2D eigenvalue weighted by Gasteiger charge is -2.42. The molecule has 0 N–H and O–H groups in total. The summed E-state index contributed by atoms with van der Waals surface area (Å²) in [5.41, 5.74) is 0.880. The maximum absolute atomic E-state index is 12.8. The van der Waals surface area contributed by atoms with E-state index in [1.807, 2.05) is 20.9 Å². The molecule has 2 rings (SSSR count). The molecule has 0 radical (unpaired) electrons. The third-order valence-electron chi connectivity index (χ3n) is 4.27. The van der Waals surface area contributed by atoms with E-state index < -0.39 is 10.0 Å². The summed E-state index contributed by atoms with van der Waals surface area (Å²) in [6.45, 7) is 7.11. The van der Waals surface area contributed by atoms with E-state index in [4.69, 9.17) is 11.6 Å². The number of rotatable bonds is 2. The van der Waals surface area contributed by atoms with Crippen LogP contribution >= 0.6 is 11.6 Å². The second-order valence-electron chi connectivity index (χ2n) is 5.49. The van der Waals surface area contributed by atoms with E-state index in [9.17, 15) is 8.42 Å². The SMILES string of the molecule is Cc1ccc(S(=O)(=O)N2CCN(C)[C@H](C)[C@H]2C)cc1Cl. The van der Waals surface area contributed by atoms with Crippen LogP contribution in [0.2, 0.25) is 5.02 Å². The molecule has 2 atom stereocenters. The molecule has 1 saturated heterocycles. The minimum Gasteiger partial charge on any atom is -0.301 e. The predicted octanol–water partition coefficient (Wildman–Crippen LogP) is 2.36. The lowest BCUT2D eigenvalue weighted by Crippen LogP contribution is -2.57.